The molecule has 5 N–H and O–H groups in total. The fourth-order valence-electron chi connectivity index (χ4n) is 1.37. The molecular weight excluding hydrogens is 268 g/mol. The number of nitrogen functional groups attached to an aromatic ring is 1. The highest BCUT2D eigenvalue weighted by molar-refractivity contribution is 7.82. The first-order valence-corrected chi connectivity index (χ1v) is 6.07. The summed E-state index contributed by atoms with van der Waals surface area (Å²) in [5.74, 6) is 0. The van der Waals surface area contributed by atoms with E-state index in [1.165, 1.54) is 17.8 Å². The maximum absolute atomic E-state index is 9.05. The van der Waals surface area contributed by atoms with E-state index in [2.05, 4.69) is 22.8 Å². The monoisotopic (exact) mass is 284 g/mol. The summed E-state index contributed by atoms with van der Waals surface area (Å²) in [6, 6.07) is 0.0590. The maximum atomic E-state index is 9.05. The number of halogens is 1. The molecule has 2 rings (SSSR count). The molecule has 5 nitrogen and oxygen atoms in total. The van der Waals surface area contributed by atoms with E-state index in [0.717, 1.165) is 19.3 Å². The second-order valence-corrected chi connectivity index (χ2v) is 5.17. The highest BCUT2D eigenvalue weighted by Crippen LogP contribution is 2.15. The van der Waals surface area contributed by atoms with Gasteiger partial charge in [-0.2, -0.15) is 0 Å². The molecule has 0 bridgehead atoms. The van der Waals surface area contributed by atoms with Crippen LogP contribution in [0.5, 0.6) is 0 Å². The van der Waals surface area contributed by atoms with Crippen molar-refractivity contribution >= 4 is 41.5 Å². The molecule has 0 unspecified atom stereocenters. The molecule has 0 saturated heterocycles. The average molecular weight is 285 g/mol. The Balaban J connectivity index is 0.000000267. The molecule has 2 atom stereocenters. The Bertz CT molecular complexity index is 273. The van der Waals surface area contributed by atoms with E-state index in [-0.39, 0.29) is 24.6 Å². The first kappa shape index (κ1) is 15.9. The average Bonchev–Trinajstić information content (AvgIpc) is 2.56. The van der Waals surface area contributed by atoms with Gasteiger partial charge < -0.3 is 16.6 Å². The number of aliphatic hydroxyl groups is 1. The van der Waals surface area contributed by atoms with Crippen LogP contribution in [-0.4, -0.2) is 27.4 Å². The molecule has 0 aromatic carbocycles. The van der Waals surface area contributed by atoms with Gasteiger partial charge in [0.15, 0.2) is 4.34 Å². The number of nitrogens with zero attached hydrogens (tertiary/aromatic N) is 2. The van der Waals surface area contributed by atoms with Gasteiger partial charge in [0, 0.05) is 6.04 Å². The molecule has 1 aliphatic carbocycles. The lowest BCUT2D eigenvalue weighted by Crippen LogP contribution is -2.37. The third-order valence-corrected chi connectivity index (χ3v) is 3.13. The van der Waals surface area contributed by atoms with Crippen molar-refractivity contribution in [2.24, 2.45) is 5.73 Å². The summed E-state index contributed by atoms with van der Waals surface area (Å²) in [6.45, 7) is 0. The minimum absolute atomic E-state index is 0. The topological polar surface area (TPSA) is 98.0 Å². The lowest BCUT2D eigenvalue weighted by atomic mass is 9.94. The lowest BCUT2D eigenvalue weighted by Gasteiger charge is -2.23. The number of anilines is 1. The number of hydrogen-bond acceptors (Lipinski definition) is 7. The van der Waals surface area contributed by atoms with Crippen molar-refractivity contribution in [3.8, 4) is 0 Å². The van der Waals surface area contributed by atoms with E-state index in [1.807, 2.05) is 0 Å². The van der Waals surface area contributed by atoms with Gasteiger partial charge in [-0.3, -0.25) is 0 Å². The molecule has 1 aromatic heterocycles. The Morgan fingerprint density at radius 2 is 1.94 bits per heavy atom. The summed E-state index contributed by atoms with van der Waals surface area (Å²) in [6.07, 6.45) is 4.03. The van der Waals surface area contributed by atoms with Gasteiger partial charge in [0.05, 0.1) is 6.10 Å². The van der Waals surface area contributed by atoms with Crippen molar-refractivity contribution in [3.05, 3.63) is 0 Å². The van der Waals surface area contributed by atoms with E-state index in [9.17, 15) is 0 Å². The van der Waals surface area contributed by atoms with Crippen LogP contribution in [0.2, 0.25) is 0 Å². The van der Waals surface area contributed by atoms with Gasteiger partial charge in [-0.25, -0.2) is 0 Å². The van der Waals surface area contributed by atoms with Crippen LogP contribution >= 0.6 is 36.4 Å². The predicted molar refractivity (Wildman–Crippen MR) is 71.3 cm³/mol. The van der Waals surface area contributed by atoms with Gasteiger partial charge in [0.25, 0.3) is 0 Å². The Hall–Kier alpha value is -0.0800. The van der Waals surface area contributed by atoms with E-state index in [4.69, 9.17) is 16.6 Å². The molecule has 0 aliphatic heterocycles. The minimum atomic E-state index is -0.219. The van der Waals surface area contributed by atoms with Crippen LogP contribution in [0.4, 0.5) is 5.13 Å². The van der Waals surface area contributed by atoms with Gasteiger partial charge in [-0.05, 0) is 12.8 Å². The molecule has 16 heavy (non-hydrogen) atoms. The van der Waals surface area contributed by atoms with Gasteiger partial charge in [-0.15, -0.1) is 35.2 Å². The zero-order chi connectivity index (χ0) is 11.3. The number of hydrogen-bond donors (Lipinski definition) is 4. The number of aromatic nitrogens is 2. The molecule has 94 valence electrons. The fourth-order valence-corrected chi connectivity index (χ4v) is 2.04. The summed E-state index contributed by atoms with van der Waals surface area (Å²) < 4.78 is 0.609. The summed E-state index contributed by atoms with van der Waals surface area (Å²) in [5, 5.41) is 16.5. The van der Waals surface area contributed by atoms with Crippen molar-refractivity contribution in [2.45, 2.75) is 42.2 Å². The maximum Gasteiger partial charge on any atom is 0.203 e. The summed E-state index contributed by atoms with van der Waals surface area (Å²) in [4.78, 5) is 0. The Kier molecular flexibility index (Phi) is 8.04. The minimum Gasteiger partial charge on any atom is -0.392 e. The summed E-state index contributed by atoms with van der Waals surface area (Å²) >= 11 is 5.13. The van der Waals surface area contributed by atoms with Crippen molar-refractivity contribution in [3.63, 3.8) is 0 Å². The highest BCUT2D eigenvalue weighted by atomic mass is 35.5. The quantitative estimate of drug-likeness (QED) is 0.535. The third-order valence-electron chi connectivity index (χ3n) is 2.21. The summed E-state index contributed by atoms with van der Waals surface area (Å²) in [7, 11) is 0. The first-order chi connectivity index (χ1) is 7.09. The Labute approximate surface area is 110 Å². The number of thiol groups is 1. The molecule has 1 aliphatic rings. The van der Waals surface area contributed by atoms with Crippen LogP contribution in [-0.2, 0) is 0 Å². The standard InChI is InChI=1S/C6H13NO.C2H3N3S2.ClH/c7-5-3-1-2-4-6(5)8;3-1-4-5-2(6)7-1;/h5-6,8H,1-4,7H2;(H2,3,4)(H,5,6);1H/t5-,6-;;/m1../s1. The smallest absolute Gasteiger partial charge is 0.203 e. The van der Waals surface area contributed by atoms with E-state index in [1.54, 1.807) is 0 Å². The van der Waals surface area contributed by atoms with Crippen LogP contribution in [0.1, 0.15) is 25.7 Å². The third kappa shape index (κ3) is 5.86. The molecule has 1 heterocycles. The van der Waals surface area contributed by atoms with Gasteiger partial charge in [-0.1, -0.05) is 24.2 Å². The molecule has 0 amide bonds. The molecule has 1 fully saturated rings. The molecule has 0 spiro atoms. The zero-order valence-corrected chi connectivity index (χ0v) is 11.3. The molecule has 0 radical (unpaired) electrons. The van der Waals surface area contributed by atoms with Crippen molar-refractivity contribution < 1.29 is 5.11 Å². The van der Waals surface area contributed by atoms with E-state index >= 15 is 0 Å². The van der Waals surface area contributed by atoms with Crippen molar-refractivity contribution in [1.29, 1.82) is 0 Å². The van der Waals surface area contributed by atoms with Gasteiger partial charge >= 0.3 is 0 Å². The molecule has 1 aromatic rings. The number of nitrogens with two attached hydrogens (primary N) is 2. The Morgan fingerprint density at radius 1 is 1.31 bits per heavy atom. The number of aliphatic hydroxyl groups excluding tert-OH is 1. The van der Waals surface area contributed by atoms with Crippen LogP contribution in [0, 0.1) is 0 Å². The van der Waals surface area contributed by atoms with Crippen molar-refractivity contribution in [2.75, 3.05) is 5.73 Å². The second-order valence-electron chi connectivity index (χ2n) is 3.44. The SMILES string of the molecule is Cl.N[C@@H]1CCCC[C@H]1O.Nc1nnc(S)s1. The van der Waals surface area contributed by atoms with Crippen LogP contribution in [0.15, 0.2) is 4.34 Å². The van der Waals surface area contributed by atoms with Gasteiger partial charge in [0.2, 0.25) is 5.13 Å². The lowest BCUT2D eigenvalue weighted by molar-refractivity contribution is 0.108. The normalized spacial score (nSPS) is 23.9. The molecular formula is C8H17ClN4OS2. The Morgan fingerprint density at radius 3 is 2.19 bits per heavy atom. The van der Waals surface area contributed by atoms with E-state index < -0.39 is 0 Å². The molecule has 1 saturated carbocycles. The van der Waals surface area contributed by atoms with Crippen LogP contribution in [0.3, 0.4) is 0 Å². The predicted octanol–water partition coefficient (Wildman–Crippen LogP) is 1.08. The largest absolute Gasteiger partial charge is 0.392 e. The van der Waals surface area contributed by atoms with Crippen LogP contribution in [0.25, 0.3) is 0 Å². The highest BCUT2D eigenvalue weighted by Gasteiger charge is 2.17. The van der Waals surface area contributed by atoms with Crippen LogP contribution < -0.4 is 11.5 Å². The fraction of sp³-hybridized carbons (Fsp3) is 0.750. The van der Waals surface area contributed by atoms with Crippen molar-refractivity contribution in [1.82, 2.24) is 10.2 Å². The summed E-state index contributed by atoms with van der Waals surface area (Å²) in [5.41, 5.74) is 10.7. The van der Waals surface area contributed by atoms with Gasteiger partial charge in [0.1, 0.15) is 0 Å². The molecule has 8 heteroatoms. The zero-order valence-electron chi connectivity index (χ0n) is 8.74. The second kappa shape index (κ2) is 8.08. The number of rotatable bonds is 0. The van der Waals surface area contributed by atoms with E-state index in [0.29, 0.717) is 9.47 Å². The first-order valence-electron chi connectivity index (χ1n) is 4.81.